The fourth-order valence-corrected chi connectivity index (χ4v) is 11.9. The maximum absolute atomic E-state index is 15.3. The Labute approximate surface area is 533 Å². The van der Waals surface area contributed by atoms with Crippen LogP contribution in [0.3, 0.4) is 0 Å². The zero-order valence-electron chi connectivity index (χ0n) is 51.4. The number of hydrogen-bond acceptors (Lipinski definition) is 18. The summed E-state index contributed by atoms with van der Waals surface area (Å²) in [7, 11) is 0. The smallest absolute Gasteiger partial charge is 0.342 e. The average molecular weight is 1290 g/mol. The van der Waals surface area contributed by atoms with E-state index in [1.165, 1.54) is 19.9 Å². The second kappa shape index (κ2) is 31.9. The number of amidine groups is 1. The van der Waals surface area contributed by atoms with Crippen molar-refractivity contribution in [2.24, 2.45) is 40.5 Å². The summed E-state index contributed by atoms with van der Waals surface area (Å²) in [6.07, 6.45) is 4.23. The van der Waals surface area contributed by atoms with Crippen molar-refractivity contribution in [2.75, 3.05) is 18.5 Å². The van der Waals surface area contributed by atoms with Crippen molar-refractivity contribution in [3.05, 3.63) is 137 Å². The molecule has 0 radical (unpaired) electrons. The number of aromatic nitrogens is 1. The number of ether oxygens (including phenoxy) is 6. The largest absolute Gasteiger partial charge is 0.478 e. The molecule has 1 aromatic heterocycles. The van der Waals surface area contributed by atoms with Crippen molar-refractivity contribution in [2.45, 2.75) is 111 Å². The van der Waals surface area contributed by atoms with Crippen molar-refractivity contribution in [3.8, 4) is 22.6 Å². The number of carboxylic acids is 1. The van der Waals surface area contributed by atoms with E-state index in [1.807, 2.05) is 27.7 Å². The SMILES string of the molecule is C=CC(=O)OCC(CNC(C)C(=O)NC1=N/C(=C\c2[n-]c(NC(=O)C(C)NC(=O)c3cc(OC=O)c(OC=O)cc3C(=O)O)c(C(=O)OC3C(C)CC(C)CC3C)c2-c2ccccc2)C(c2ccccc2)=C1C(=O)OC1C(C)CC(C)CC1C)OC(=O)C=C.[Zn]. The summed E-state index contributed by atoms with van der Waals surface area (Å²) in [6, 6.07) is 16.4. The minimum absolute atomic E-state index is 0. The van der Waals surface area contributed by atoms with E-state index >= 15 is 9.59 Å². The van der Waals surface area contributed by atoms with E-state index in [-0.39, 0.29) is 108 Å². The van der Waals surface area contributed by atoms with E-state index < -0.39 is 107 Å². The summed E-state index contributed by atoms with van der Waals surface area (Å²) in [5.74, 6) is -8.79. The number of hydrogen-bond donors (Lipinski definition) is 5. The van der Waals surface area contributed by atoms with Crippen molar-refractivity contribution >= 4 is 83.8 Å². The minimum atomic E-state index is -1.64. The van der Waals surface area contributed by atoms with Gasteiger partial charge in [-0.2, -0.15) is 0 Å². The Hall–Kier alpha value is -9.15. The molecule has 90 heavy (non-hydrogen) atoms. The van der Waals surface area contributed by atoms with Crippen molar-refractivity contribution < 1.29 is 101 Å². The monoisotopic (exact) mass is 1290 g/mol. The first-order valence-corrected chi connectivity index (χ1v) is 29.2. The van der Waals surface area contributed by atoms with Gasteiger partial charge in [-0.05, 0) is 115 Å². The van der Waals surface area contributed by atoms with Gasteiger partial charge < -0.3 is 59.8 Å². The summed E-state index contributed by atoms with van der Waals surface area (Å²) in [5, 5.41) is 21.0. The Morgan fingerprint density at radius 1 is 0.689 bits per heavy atom. The van der Waals surface area contributed by atoms with Crippen molar-refractivity contribution in [1.29, 1.82) is 0 Å². The number of aliphatic imine (C=N–C) groups is 1. The molecule has 0 spiro atoms. The Morgan fingerprint density at radius 3 is 1.72 bits per heavy atom. The third-order valence-electron chi connectivity index (χ3n) is 15.8. The molecule has 4 aromatic rings. The van der Waals surface area contributed by atoms with E-state index in [2.05, 4.69) is 48.3 Å². The molecule has 0 saturated heterocycles. The van der Waals surface area contributed by atoms with E-state index in [4.69, 9.17) is 38.4 Å². The van der Waals surface area contributed by atoms with Crippen LogP contribution in [0.1, 0.15) is 123 Å². The number of carboxylic acid groups (broad SMARTS) is 1. The molecule has 5 N–H and O–H groups in total. The molecule has 23 nitrogen and oxygen atoms in total. The number of anilines is 1. The van der Waals surface area contributed by atoms with Crippen LogP contribution in [0, 0.1) is 35.5 Å². The Morgan fingerprint density at radius 2 is 1.20 bits per heavy atom. The summed E-state index contributed by atoms with van der Waals surface area (Å²) in [5.41, 5.74) is -0.321. The summed E-state index contributed by atoms with van der Waals surface area (Å²) < 4.78 is 33.1. The first kappa shape index (κ1) is 69.9. The van der Waals surface area contributed by atoms with Gasteiger partial charge in [0.1, 0.15) is 36.3 Å². The van der Waals surface area contributed by atoms with Gasteiger partial charge in [0.2, 0.25) is 5.91 Å². The number of nitrogens with one attached hydrogen (secondary N) is 4. The molecular formula is C66H73N6O17Zn-. The van der Waals surface area contributed by atoms with Crippen LogP contribution in [0.5, 0.6) is 11.5 Å². The Bertz CT molecular complexity index is 3460. The van der Waals surface area contributed by atoms with Crippen LogP contribution in [-0.4, -0.2) is 115 Å². The van der Waals surface area contributed by atoms with E-state index in [0.717, 1.165) is 50.0 Å². The second-order valence-electron chi connectivity index (χ2n) is 22.8. The van der Waals surface area contributed by atoms with Crippen molar-refractivity contribution in [1.82, 2.24) is 20.9 Å². The quantitative estimate of drug-likeness (QED) is 0.0139. The van der Waals surface area contributed by atoms with Gasteiger partial charge >= 0.3 is 29.8 Å². The normalized spacial score (nSPS) is 21.7. The number of amides is 3. The number of aromatic carboxylic acids is 1. The fourth-order valence-electron chi connectivity index (χ4n) is 11.9. The second-order valence-corrected chi connectivity index (χ2v) is 22.8. The van der Waals surface area contributed by atoms with Crippen LogP contribution in [0.2, 0.25) is 0 Å². The molecule has 7 unspecified atom stereocenters. The zero-order valence-corrected chi connectivity index (χ0v) is 54.4. The molecule has 2 fully saturated rings. The van der Waals surface area contributed by atoms with E-state index in [9.17, 15) is 43.5 Å². The van der Waals surface area contributed by atoms with Gasteiger partial charge in [0, 0.05) is 49.8 Å². The molecule has 7 rings (SSSR count). The molecule has 2 heterocycles. The van der Waals surface area contributed by atoms with Crippen LogP contribution in [0.4, 0.5) is 5.82 Å². The maximum Gasteiger partial charge on any atom is 0.342 e. The molecule has 1 aliphatic heterocycles. The molecule has 3 aromatic carbocycles. The first-order valence-electron chi connectivity index (χ1n) is 29.2. The number of rotatable bonds is 25. The van der Waals surface area contributed by atoms with Gasteiger partial charge in [0.25, 0.3) is 18.9 Å². The fraction of sp³-hybridized carbons (Fsp3) is 0.379. The van der Waals surface area contributed by atoms with E-state index in [0.29, 0.717) is 23.0 Å². The molecule has 24 heteroatoms. The molecule has 7 atom stereocenters. The zero-order chi connectivity index (χ0) is 64.8. The van der Waals surface area contributed by atoms with Gasteiger partial charge in [0.15, 0.2) is 17.4 Å². The van der Waals surface area contributed by atoms with Crippen LogP contribution in [0.25, 0.3) is 22.8 Å². The standard InChI is InChI=1S/C66H74N6O17.Zn/c1-11-51(75)84-31-44(87-52(76)12-2)30-67-40(9)61(77)71-59-55(65(82)88-57-36(5)23-34(3)24-37(57)6)53(42-19-15-13-16-20-42)47(69-59)29-48-54(43-21-17-14-18-22-43)56(66(83)89-58-38(7)25-35(4)26-39(58)8)60(70-48)72-62(78)41(10)68-63(79)45-27-49(85-32-73)50(86-33-74)28-46(45)64(80)81;/h11-22,27-29,32-41,44,57-58,67H,1-2,23-26,30-31H2,3-10H3,(H5,68,69,70,71,72,77,78,79,80,81,82,83);/p-1. The van der Waals surface area contributed by atoms with Crippen LogP contribution >= 0.6 is 0 Å². The van der Waals surface area contributed by atoms with Crippen molar-refractivity contribution in [3.63, 3.8) is 0 Å². The molecular weight excluding hydrogens is 1210 g/mol. The van der Waals surface area contributed by atoms with E-state index in [1.54, 1.807) is 60.7 Å². The average Bonchev–Trinajstić information content (AvgIpc) is 1.61. The molecule has 2 aliphatic carbocycles. The van der Waals surface area contributed by atoms with Gasteiger partial charge in [0.05, 0.1) is 34.5 Å². The molecule has 2 saturated carbocycles. The summed E-state index contributed by atoms with van der Waals surface area (Å²) in [6.45, 7) is 21.2. The molecule has 0 bridgehead atoms. The third-order valence-corrected chi connectivity index (χ3v) is 15.8. The number of nitrogens with zero attached hydrogens (tertiary/aromatic N) is 2. The van der Waals surface area contributed by atoms with Gasteiger partial charge in [-0.25, -0.2) is 29.0 Å². The number of carbonyl (C=O) groups is 10. The molecule has 472 valence electrons. The Kier molecular flexibility index (Phi) is 24.8. The molecule has 3 aliphatic rings. The maximum atomic E-state index is 15.3. The van der Waals surface area contributed by atoms with Gasteiger partial charge in [-0.1, -0.05) is 115 Å². The third kappa shape index (κ3) is 17.2. The van der Waals surface area contributed by atoms with Gasteiger partial charge in [-0.15, -0.1) is 0 Å². The van der Waals surface area contributed by atoms with Crippen LogP contribution < -0.4 is 35.7 Å². The number of benzene rings is 3. The summed E-state index contributed by atoms with van der Waals surface area (Å²) >= 11 is 0. The van der Waals surface area contributed by atoms with Crippen LogP contribution in [0.15, 0.2) is 114 Å². The summed E-state index contributed by atoms with van der Waals surface area (Å²) in [4.78, 5) is 143. The number of carbonyl (C=O) groups excluding carboxylic acids is 9. The Balaban J connectivity index is 0.0000129. The first-order chi connectivity index (χ1) is 42.5. The molecule has 3 amide bonds. The number of allylic oxidation sites excluding steroid dienone is 1. The number of esters is 4. The minimum Gasteiger partial charge on any atom is -0.478 e. The van der Waals surface area contributed by atoms with Gasteiger partial charge in [-0.3, -0.25) is 24.0 Å². The predicted octanol–water partition coefficient (Wildman–Crippen LogP) is 7.80. The predicted molar refractivity (Wildman–Crippen MR) is 326 cm³/mol. The van der Waals surface area contributed by atoms with Crippen LogP contribution in [-0.2, 0) is 72.0 Å². The topological polar surface area (TPSA) is 321 Å².